The van der Waals surface area contributed by atoms with E-state index in [0.29, 0.717) is 23.3 Å². The number of hydrogen-bond acceptors (Lipinski definition) is 6. The van der Waals surface area contributed by atoms with Gasteiger partial charge in [0, 0.05) is 38.0 Å². The standard InChI is InChI=1S/C25H28N6O3S/c1-17(32)27-20-8-5-9-21(14-20)31-24(19-10-11-19)28-29-25(31)35-16-23(34)30(13-12-22(26)33)15-18-6-3-2-4-7-18/h2-9,14,19H,10-13,15-16H2,1H3,(H2,26,33)(H,27,32). The van der Waals surface area contributed by atoms with Crippen LogP contribution in [-0.4, -0.2) is 49.7 Å². The lowest BCUT2D eigenvalue weighted by Crippen LogP contribution is -2.34. The van der Waals surface area contributed by atoms with E-state index in [4.69, 9.17) is 5.73 Å². The van der Waals surface area contributed by atoms with Crippen molar-refractivity contribution in [3.8, 4) is 5.69 Å². The number of aromatic nitrogens is 3. The Hall–Kier alpha value is -3.66. The van der Waals surface area contributed by atoms with Gasteiger partial charge in [0.15, 0.2) is 5.16 Å². The average molecular weight is 493 g/mol. The summed E-state index contributed by atoms with van der Waals surface area (Å²) in [6.45, 7) is 2.11. The molecule has 9 nitrogen and oxygen atoms in total. The smallest absolute Gasteiger partial charge is 0.233 e. The Labute approximate surface area is 208 Å². The summed E-state index contributed by atoms with van der Waals surface area (Å²) in [6, 6.07) is 17.1. The van der Waals surface area contributed by atoms with Gasteiger partial charge in [0.25, 0.3) is 0 Å². The molecule has 4 rings (SSSR count). The minimum atomic E-state index is -0.448. The van der Waals surface area contributed by atoms with Crippen molar-refractivity contribution in [2.75, 3.05) is 17.6 Å². The predicted octanol–water partition coefficient (Wildman–Crippen LogP) is 3.10. The second-order valence-corrected chi connectivity index (χ2v) is 9.43. The Morgan fingerprint density at radius 3 is 2.57 bits per heavy atom. The minimum Gasteiger partial charge on any atom is -0.370 e. The van der Waals surface area contributed by atoms with Crippen LogP contribution in [0.5, 0.6) is 0 Å². The molecule has 1 saturated carbocycles. The molecule has 0 radical (unpaired) electrons. The maximum Gasteiger partial charge on any atom is 0.233 e. The first-order valence-electron chi connectivity index (χ1n) is 11.5. The third-order valence-corrected chi connectivity index (χ3v) is 6.46. The van der Waals surface area contributed by atoms with E-state index in [2.05, 4.69) is 15.5 Å². The van der Waals surface area contributed by atoms with Gasteiger partial charge in [-0.2, -0.15) is 0 Å². The van der Waals surface area contributed by atoms with Crippen LogP contribution in [0.3, 0.4) is 0 Å². The normalized spacial score (nSPS) is 12.8. The molecule has 3 amide bonds. The van der Waals surface area contributed by atoms with Gasteiger partial charge in [0.1, 0.15) is 5.82 Å². The highest BCUT2D eigenvalue weighted by atomic mass is 32.2. The van der Waals surface area contributed by atoms with Crippen LogP contribution in [0.15, 0.2) is 59.8 Å². The van der Waals surface area contributed by atoms with Crippen LogP contribution < -0.4 is 11.1 Å². The summed E-state index contributed by atoms with van der Waals surface area (Å²) in [5.74, 6) is 0.616. The molecule has 3 N–H and O–H groups in total. The molecule has 1 fully saturated rings. The van der Waals surface area contributed by atoms with E-state index < -0.39 is 5.91 Å². The van der Waals surface area contributed by atoms with Crippen LogP contribution in [-0.2, 0) is 20.9 Å². The number of rotatable bonds is 11. The van der Waals surface area contributed by atoms with Crippen LogP contribution in [0.2, 0.25) is 0 Å². The molecule has 10 heteroatoms. The number of thioether (sulfide) groups is 1. The van der Waals surface area contributed by atoms with Gasteiger partial charge in [0.05, 0.1) is 11.4 Å². The molecule has 35 heavy (non-hydrogen) atoms. The summed E-state index contributed by atoms with van der Waals surface area (Å²) < 4.78 is 1.96. The third kappa shape index (κ3) is 6.69. The van der Waals surface area contributed by atoms with Gasteiger partial charge >= 0.3 is 0 Å². The van der Waals surface area contributed by atoms with E-state index in [9.17, 15) is 14.4 Å². The fourth-order valence-corrected chi connectivity index (χ4v) is 4.57. The van der Waals surface area contributed by atoms with Crippen LogP contribution in [0.25, 0.3) is 5.69 Å². The SMILES string of the molecule is CC(=O)Nc1cccc(-n2c(SCC(=O)N(CCC(N)=O)Cc3ccccc3)nnc2C2CC2)c1. The molecule has 3 aromatic rings. The highest BCUT2D eigenvalue weighted by Gasteiger charge is 2.31. The number of primary amides is 1. The molecular formula is C25H28N6O3S. The molecule has 1 heterocycles. The molecule has 0 spiro atoms. The largest absolute Gasteiger partial charge is 0.370 e. The van der Waals surface area contributed by atoms with Crippen molar-refractivity contribution in [1.29, 1.82) is 0 Å². The van der Waals surface area contributed by atoms with E-state index in [0.717, 1.165) is 29.9 Å². The number of nitrogens with one attached hydrogen (secondary N) is 1. The lowest BCUT2D eigenvalue weighted by molar-refractivity contribution is -0.129. The Balaban J connectivity index is 1.53. The number of nitrogens with zero attached hydrogens (tertiary/aromatic N) is 4. The zero-order chi connectivity index (χ0) is 24.8. The average Bonchev–Trinajstić information content (AvgIpc) is 3.59. The minimum absolute atomic E-state index is 0.0984. The van der Waals surface area contributed by atoms with Crippen molar-refractivity contribution in [1.82, 2.24) is 19.7 Å². The van der Waals surface area contributed by atoms with Crippen LogP contribution >= 0.6 is 11.8 Å². The van der Waals surface area contributed by atoms with Gasteiger partial charge in [-0.15, -0.1) is 10.2 Å². The summed E-state index contributed by atoms with van der Waals surface area (Å²) in [7, 11) is 0. The van der Waals surface area contributed by atoms with E-state index in [1.807, 2.05) is 59.2 Å². The number of carbonyl (C=O) groups is 3. The maximum atomic E-state index is 13.2. The fraction of sp³-hybridized carbons (Fsp3) is 0.320. The molecule has 0 bridgehead atoms. The number of amides is 3. The quantitative estimate of drug-likeness (QED) is 0.397. The maximum absolute atomic E-state index is 13.2. The van der Waals surface area contributed by atoms with Crippen molar-refractivity contribution in [2.24, 2.45) is 5.73 Å². The van der Waals surface area contributed by atoms with Crippen molar-refractivity contribution >= 4 is 35.2 Å². The van der Waals surface area contributed by atoms with Crippen LogP contribution in [0.1, 0.15) is 43.5 Å². The monoisotopic (exact) mass is 492 g/mol. The summed E-state index contributed by atoms with van der Waals surface area (Å²) in [4.78, 5) is 37.7. The van der Waals surface area contributed by atoms with E-state index in [1.54, 1.807) is 4.90 Å². The van der Waals surface area contributed by atoms with E-state index in [-0.39, 0.29) is 30.5 Å². The van der Waals surface area contributed by atoms with Crippen molar-refractivity contribution < 1.29 is 14.4 Å². The molecule has 182 valence electrons. The van der Waals surface area contributed by atoms with Gasteiger partial charge in [-0.25, -0.2) is 0 Å². The zero-order valence-electron chi connectivity index (χ0n) is 19.5. The topological polar surface area (TPSA) is 123 Å². The Morgan fingerprint density at radius 2 is 1.89 bits per heavy atom. The lowest BCUT2D eigenvalue weighted by Gasteiger charge is -2.22. The highest BCUT2D eigenvalue weighted by molar-refractivity contribution is 7.99. The first kappa shape index (κ1) is 24.5. The summed E-state index contributed by atoms with van der Waals surface area (Å²) >= 11 is 1.30. The zero-order valence-corrected chi connectivity index (χ0v) is 20.3. The number of nitrogens with two attached hydrogens (primary N) is 1. The fourth-order valence-electron chi connectivity index (χ4n) is 3.71. The number of anilines is 1. The molecule has 0 aliphatic heterocycles. The molecule has 0 atom stereocenters. The van der Waals surface area contributed by atoms with Crippen molar-refractivity contribution in [3.63, 3.8) is 0 Å². The second-order valence-electron chi connectivity index (χ2n) is 8.49. The summed E-state index contributed by atoms with van der Waals surface area (Å²) in [6.07, 6.45) is 2.19. The molecule has 1 aliphatic carbocycles. The molecule has 0 saturated heterocycles. The molecule has 1 aromatic heterocycles. The number of carbonyl (C=O) groups excluding carboxylic acids is 3. The summed E-state index contributed by atoms with van der Waals surface area (Å²) in [5.41, 5.74) is 7.81. The van der Waals surface area contributed by atoms with Gasteiger partial charge in [-0.05, 0) is 36.6 Å². The van der Waals surface area contributed by atoms with E-state index in [1.165, 1.54) is 18.7 Å². The molecule has 2 aromatic carbocycles. The Morgan fingerprint density at radius 1 is 1.11 bits per heavy atom. The molecular weight excluding hydrogens is 464 g/mol. The molecule has 0 unspecified atom stereocenters. The van der Waals surface area contributed by atoms with Gasteiger partial charge < -0.3 is 16.0 Å². The number of benzene rings is 2. The van der Waals surface area contributed by atoms with Gasteiger partial charge in [-0.1, -0.05) is 48.2 Å². The van der Waals surface area contributed by atoms with Gasteiger partial charge in [-0.3, -0.25) is 19.0 Å². The van der Waals surface area contributed by atoms with Crippen molar-refractivity contribution in [2.45, 2.75) is 43.8 Å². The van der Waals surface area contributed by atoms with Crippen LogP contribution in [0, 0.1) is 0 Å². The first-order valence-corrected chi connectivity index (χ1v) is 12.5. The van der Waals surface area contributed by atoms with E-state index >= 15 is 0 Å². The summed E-state index contributed by atoms with van der Waals surface area (Å²) in [5, 5.41) is 12.2. The third-order valence-electron chi connectivity index (χ3n) is 5.55. The highest BCUT2D eigenvalue weighted by Crippen LogP contribution is 2.41. The number of hydrogen-bond donors (Lipinski definition) is 2. The Kier molecular flexibility index (Phi) is 7.81. The molecule has 1 aliphatic rings. The predicted molar refractivity (Wildman–Crippen MR) is 134 cm³/mol. The first-order chi connectivity index (χ1) is 16.9. The lowest BCUT2D eigenvalue weighted by atomic mass is 10.2. The Bertz CT molecular complexity index is 1210. The van der Waals surface area contributed by atoms with Gasteiger partial charge in [0.2, 0.25) is 17.7 Å². The second kappa shape index (κ2) is 11.2. The van der Waals surface area contributed by atoms with Crippen LogP contribution in [0.4, 0.5) is 5.69 Å². The van der Waals surface area contributed by atoms with Crippen molar-refractivity contribution in [3.05, 3.63) is 66.0 Å².